The fraction of sp³-hybridized carbons (Fsp3) is 0.391. The van der Waals surface area contributed by atoms with Crippen LogP contribution < -0.4 is 4.72 Å². The lowest BCUT2D eigenvalue weighted by atomic mass is 10.0. The third kappa shape index (κ3) is 5.59. The van der Waals surface area contributed by atoms with Gasteiger partial charge < -0.3 is 4.57 Å². The molecule has 0 amide bonds. The summed E-state index contributed by atoms with van der Waals surface area (Å²) in [5.74, 6) is 0.466. The summed E-state index contributed by atoms with van der Waals surface area (Å²) in [5, 5.41) is 1.16. The van der Waals surface area contributed by atoms with Crippen LogP contribution in [0.4, 0.5) is 13.2 Å². The number of fused-ring (bicyclic) bond motifs is 1. The normalized spacial score (nSPS) is 12.4. The number of hydrogen-bond acceptors (Lipinski definition) is 3. The standard InChI is InChI=1S/C23H28F3N3S/c1-16(2)14-29-15-19(10-11-27-30-28(3)4)21-9-8-18(13-22(21)29)17-6-5-7-20(12-17)23(24,25)26/h5-9,12-13,15-16,27H,10-11,14H2,1-4H3. The zero-order chi connectivity index (χ0) is 21.9. The van der Waals surface area contributed by atoms with E-state index in [1.54, 1.807) is 18.2 Å². The lowest BCUT2D eigenvalue weighted by Gasteiger charge is -2.11. The van der Waals surface area contributed by atoms with Crippen molar-refractivity contribution in [1.82, 2.24) is 13.6 Å². The molecule has 0 aliphatic heterocycles. The molecule has 0 fully saturated rings. The number of benzene rings is 2. The minimum atomic E-state index is -4.34. The van der Waals surface area contributed by atoms with E-state index in [1.807, 2.05) is 36.6 Å². The van der Waals surface area contributed by atoms with Crippen molar-refractivity contribution >= 4 is 23.0 Å². The fourth-order valence-corrected chi connectivity index (χ4v) is 3.98. The first-order valence-electron chi connectivity index (χ1n) is 10.0. The highest BCUT2D eigenvalue weighted by Gasteiger charge is 2.30. The molecule has 3 aromatic rings. The van der Waals surface area contributed by atoms with Crippen molar-refractivity contribution in [2.24, 2.45) is 5.92 Å². The molecule has 1 aromatic heterocycles. The third-order valence-electron chi connectivity index (χ3n) is 4.79. The molecule has 0 saturated heterocycles. The molecule has 3 nitrogen and oxygen atoms in total. The molecular weight excluding hydrogens is 407 g/mol. The molecule has 30 heavy (non-hydrogen) atoms. The number of hydrogen-bond donors (Lipinski definition) is 1. The van der Waals surface area contributed by atoms with Gasteiger partial charge in [0.2, 0.25) is 0 Å². The van der Waals surface area contributed by atoms with Crippen LogP contribution in [0.5, 0.6) is 0 Å². The number of nitrogens with zero attached hydrogens (tertiary/aromatic N) is 2. The Kier molecular flexibility index (Phi) is 7.16. The van der Waals surface area contributed by atoms with Crippen LogP contribution in [0.3, 0.4) is 0 Å². The monoisotopic (exact) mass is 435 g/mol. The van der Waals surface area contributed by atoms with E-state index in [2.05, 4.69) is 29.3 Å². The molecule has 2 aromatic carbocycles. The van der Waals surface area contributed by atoms with Gasteiger partial charge in [0.25, 0.3) is 0 Å². The van der Waals surface area contributed by atoms with Crippen LogP contribution in [0, 0.1) is 5.92 Å². The summed E-state index contributed by atoms with van der Waals surface area (Å²) in [7, 11) is 3.98. The van der Waals surface area contributed by atoms with Gasteiger partial charge in [-0.05, 0) is 61.3 Å². The number of halogens is 3. The first-order valence-corrected chi connectivity index (χ1v) is 10.8. The van der Waals surface area contributed by atoms with Gasteiger partial charge in [0, 0.05) is 42.3 Å². The molecule has 0 spiro atoms. The van der Waals surface area contributed by atoms with Gasteiger partial charge in [0.15, 0.2) is 0 Å². The number of nitrogens with one attached hydrogen (secondary N) is 1. The summed E-state index contributed by atoms with van der Waals surface area (Å²) < 4.78 is 47.0. The van der Waals surface area contributed by atoms with Gasteiger partial charge >= 0.3 is 6.18 Å². The first-order chi connectivity index (χ1) is 14.1. The number of alkyl halides is 3. The molecule has 0 unspecified atom stereocenters. The topological polar surface area (TPSA) is 20.2 Å². The summed E-state index contributed by atoms with van der Waals surface area (Å²) >= 11 is 1.56. The lowest BCUT2D eigenvalue weighted by molar-refractivity contribution is -0.137. The Hall–Kier alpha value is -1.96. The molecule has 162 valence electrons. The van der Waals surface area contributed by atoms with Crippen LogP contribution in [0.1, 0.15) is 25.0 Å². The molecule has 7 heteroatoms. The maximum Gasteiger partial charge on any atom is 0.416 e. The molecule has 0 bridgehead atoms. The van der Waals surface area contributed by atoms with Crippen LogP contribution in [0.2, 0.25) is 0 Å². The molecule has 0 saturated carbocycles. The summed E-state index contributed by atoms with van der Waals surface area (Å²) in [6.07, 6.45) is -1.28. The van der Waals surface area contributed by atoms with Crippen molar-refractivity contribution in [1.29, 1.82) is 0 Å². The zero-order valence-corrected chi connectivity index (χ0v) is 18.6. The predicted molar refractivity (Wildman–Crippen MR) is 120 cm³/mol. The Morgan fingerprint density at radius 3 is 2.47 bits per heavy atom. The van der Waals surface area contributed by atoms with Crippen molar-refractivity contribution in [3.8, 4) is 11.1 Å². The van der Waals surface area contributed by atoms with Crippen LogP contribution >= 0.6 is 12.1 Å². The summed E-state index contributed by atoms with van der Waals surface area (Å²) in [6, 6.07) is 11.5. The maximum absolute atomic E-state index is 13.1. The molecule has 0 atom stereocenters. The van der Waals surface area contributed by atoms with Gasteiger partial charge in [-0.15, -0.1) is 0 Å². The SMILES string of the molecule is CC(C)Cn1cc(CCNSN(C)C)c2ccc(-c3cccc(C(F)(F)F)c3)cc21. The van der Waals surface area contributed by atoms with Crippen LogP contribution in [0.15, 0.2) is 48.7 Å². The van der Waals surface area contributed by atoms with Crippen molar-refractivity contribution < 1.29 is 13.2 Å². The van der Waals surface area contributed by atoms with Crippen molar-refractivity contribution in [3.63, 3.8) is 0 Å². The van der Waals surface area contributed by atoms with Crippen molar-refractivity contribution in [2.45, 2.75) is 33.0 Å². The Morgan fingerprint density at radius 2 is 1.80 bits per heavy atom. The second-order valence-corrected chi connectivity index (χ2v) is 9.26. The largest absolute Gasteiger partial charge is 0.416 e. The van der Waals surface area contributed by atoms with E-state index < -0.39 is 11.7 Å². The van der Waals surface area contributed by atoms with E-state index in [1.165, 1.54) is 17.7 Å². The minimum Gasteiger partial charge on any atom is -0.347 e. The second kappa shape index (κ2) is 9.45. The quantitative estimate of drug-likeness (QED) is 0.334. The molecule has 3 rings (SSSR count). The van der Waals surface area contributed by atoms with Crippen molar-refractivity contribution in [3.05, 3.63) is 59.8 Å². The van der Waals surface area contributed by atoms with Crippen LogP contribution in [0.25, 0.3) is 22.0 Å². The van der Waals surface area contributed by atoms with Gasteiger partial charge in [0.05, 0.1) is 5.56 Å². The van der Waals surface area contributed by atoms with E-state index in [0.29, 0.717) is 11.5 Å². The van der Waals surface area contributed by atoms with Gasteiger partial charge in [-0.3, -0.25) is 4.72 Å². The maximum atomic E-state index is 13.1. The number of aromatic nitrogens is 1. The summed E-state index contributed by atoms with van der Waals surface area (Å²) in [6.45, 7) is 6.02. The molecule has 0 radical (unpaired) electrons. The zero-order valence-electron chi connectivity index (χ0n) is 17.8. The van der Waals surface area contributed by atoms with E-state index in [-0.39, 0.29) is 0 Å². The Balaban J connectivity index is 1.96. The Labute approximate surface area is 180 Å². The second-order valence-electron chi connectivity index (χ2n) is 8.06. The number of rotatable bonds is 8. The smallest absolute Gasteiger partial charge is 0.347 e. The van der Waals surface area contributed by atoms with Gasteiger partial charge in [0.1, 0.15) is 0 Å². The van der Waals surface area contributed by atoms with E-state index in [0.717, 1.165) is 42.0 Å². The van der Waals surface area contributed by atoms with E-state index in [9.17, 15) is 13.2 Å². The highest BCUT2D eigenvalue weighted by molar-refractivity contribution is 7.95. The predicted octanol–water partition coefficient (Wildman–Crippen LogP) is 6.24. The van der Waals surface area contributed by atoms with Gasteiger partial charge in [-0.25, -0.2) is 4.31 Å². The molecule has 0 aliphatic carbocycles. The summed E-state index contributed by atoms with van der Waals surface area (Å²) in [4.78, 5) is 0. The molecule has 0 aliphatic rings. The van der Waals surface area contributed by atoms with Crippen LogP contribution in [-0.4, -0.2) is 29.5 Å². The van der Waals surface area contributed by atoms with Gasteiger partial charge in [-0.2, -0.15) is 13.2 Å². The van der Waals surface area contributed by atoms with E-state index >= 15 is 0 Å². The average Bonchev–Trinajstić information content (AvgIpc) is 3.01. The first kappa shape index (κ1) is 22.7. The van der Waals surface area contributed by atoms with E-state index in [4.69, 9.17) is 0 Å². The Morgan fingerprint density at radius 1 is 1.07 bits per heavy atom. The molecule has 1 heterocycles. The summed E-state index contributed by atoms with van der Waals surface area (Å²) in [5.41, 5.74) is 3.06. The highest BCUT2D eigenvalue weighted by atomic mass is 32.2. The highest BCUT2D eigenvalue weighted by Crippen LogP contribution is 2.34. The van der Waals surface area contributed by atoms with Crippen molar-refractivity contribution in [2.75, 3.05) is 20.6 Å². The molecular formula is C23H28F3N3S. The average molecular weight is 436 g/mol. The molecule has 1 N–H and O–H groups in total. The fourth-order valence-electron chi connectivity index (χ4n) is 3.53. The third-order valence-corrected chi connectivity index (χ3v) is 5.49. The minimum absolute atomic E-state index is 0.466. The lowest BCUT2D eigenvalue weighted by Crippen LogP contribution is -2.15. The van der Waals surface area contributed by atoms with Gasteiger partial charge in [-0.1, -0.05) is 38.1 Å². The Bertz CT molecular complexity index is 993. The van der Waals surface area contributed by atoms with Crippen LogP contribution in [-0.2, 0) is 19.1 Å².